The Morgan fingerprint density at radius 1 is 0.968 bits per heavy atom. The van der Waals surface area contributed by atoms with Crippen molar-refractivity contribution in [2.45, 2.75) is 10.4 Å². The van der Waals surface area contributed by atoms with Crippen molar-refractivity contribution < 1.29 is 0 Å². The second-order valence-electron chi connectivity index (χ2n) is 6.25. The molecule has 2 aromatic heterocycles. The zero-order chi connectivity index (χ0) is 22.0. The van der Waals surface area contributed by atoms with Gasteiger partial charge in [0.1, 0.15) is 6.20 Å². The van der Waals surface area contributed by atoms with Crippen molar-refractivity contribution in [3.63, 3.8) is 0 Å². The van der Waals surface area contributed by atoms with E-state index in [1.54, 1.807) is 42.7 Å². The number of aromatic amines is 1. The van der Waals surface area contributed by atoms with Gasteiger partial charge in [-0.15, -0.1) is 0 Å². The fraction of sp³-hybridized carbons (Fsp3) is 0.0500. The summed E-state index contributed by atoms with van der Waals surface area (Å²) in [5.74, 6) is 0. The van der Waals surface area contributed by atoms with Crippen LogP contribution in [0.1, 0.15) is 16.4 Å². The third-order valence-corrected chi connectivity index (χ3v) is 6.26. The van der Waals surface area contributed by atoms with E-state index in [1.807, 2.05) is 12.1 Å². The first-order valence-electron chi connectivity index (χ1n) is 8.79. The van der Waals surface area contributed by atoms with Crippen LogP contribution in [0.3, 0.4) is 0 Å². The molecule has 0 amide bonds. The zero-order valence-corrected chi connectivity index (χ0v) is 18.6. The lowest BCUT2D eigenvalue weighted by molar-refractivity contribution is 0.749. The Morgan fingerprint density at radius 3 is 2.23 bits per heavy atom. The van der Waals surface area contributed by atoms with Gasteiger partial charge < -0.3 is 0 Å². The Morgan fingerprint density at radius 2 is 1.61 bits per heavy atom. The number of hydrogen-bond acceptors (Lipinski definition) is 6. The highest BCUT2D eigenvalue weighted by Crippen LogP contribution is 2.45. The van der Waals surface area contributed by atoms with Gasteiger partial charge in [-0.25, -0.2) is 14.8 Å². The van der Waals surface area contributed by atoms with Gasteiger partial charge in [0.05, 0.1) is 10.9 Å². The minimum Gasteiger partial charge on any atom is -0.271 e. The quantitative estimate of drug-likeness (QED) is 0.324. The van der Waals surface area contributed by atoms with Crippen LogP contribution in [0.4, 0.5) is 0 Å². The molecule has 0 aliphatic heterocycles. The molecule has 0 bridgehead atoms. The Kier molecular flexibility index (Phi) is 6.43. The SMILES string of the molecule is O=c1cnn(-c2cc(Cl)c(C(Sc3ncccn3)c3ccc(Cl)cc3)c(Cl)c2)c(=O)[nH]1. The Bertz CT molecular complexity index is 1320. The first kappa shape index (κ1) is 21.6. The molecular weight excluding hydrogens is 481 g/mol. The van der Waals surface area contributed by atoms with Crippen LogP contribution >= 0.6 is 46.6 Å². The number of rotatable bonds is 5. The highest BCUT2D eigenvalue weighted by molar-refractivity contribution is 7.99. The zero-order valence-electron chi connectivity index (χ0n) is 15.5. The van der Waals surface area contributed by atoms with E-state index in [-0.39, 0.29) is 5.25 Å². The first-order valence-corrected chi connectivity index (χ1v) is 10.8. The molecule has 7 nitrogen and oxygen atoms in total. The number of thioether (sulfide) groups is 1. The third kappa shape index (κ3) is 4.83. The maximum Gasteiger partial charge on any atom is 0.349 e. The number of hydrogen-bond donors (Lipinski definition) is 1. The topological polar surface area (TPSA) is 93.5 Å². The fourth-order valence-corrected chi connectivity index (χ4v) is 4.93. The van der Waals surface area contributed by atoms with Crippen LogP contribution in [0.25, 0.3) is 5.69 Å². The molecule has 0 saturated carbocycles. The van der Waals surface area contributed by atoms with Gasteiger partial charge in [-0.05, 0) is 35.9 Å². The van der Waals surface area contributed by atoms with Crippen molar-refractivity contribution in [1.82, 2.24) is 24.7 Å². The lowest BCUT2D eigenvalue weighted by Gasteiger charge is -2.20. The molecule has 4 aromatic rings. The Labute approximate surface area is 195 Å². The van der Waals surface area contributed by atoms with Gasteiger partial charge >= 0.3 is 5.69 Å². The number of nitrogens with zero attached hydrogens (tertiary/aromatic N) is 4. The van der Waals surface area contributed by atoms with Gasteiger partial charge in [0.15, 0.2) is 5.16 Å². The van der Waals surface area contributed by atoms with E-state index in [4.69, 9.17) is 34.8 Å². The van der Waals surface area contributed by atoms with Gasteiger partial charge in [-0.2, -0.15) is 9.78 Å². The van der Waals surface area contributed by atoms with Crippen LogP contribution in [0, 0.1) is 0 Å². The highest BCUT2D eigenvalue weighted by atomic mass is 35.5. The summed E-state index contributed by atoms with van der Waals surface area (Å²) >= 11 is 20.7. The van der Waals surface area contributed by atoms with E-state index in [0.717, 1.165) is 16.4 Å². The molecule has 0 aliphatic rings. The van der Waals surface area contributed by atoms with E-state index in [0.29, 0.717) is 31.5 Å². The summed E-state index contributed by atoms with van der Waals surface area (Å²) in [6, 6.07) is 12.1. The number of H-pyrrole nitrogens is 1. The van der Waals surface area contributed by atoms with Gasteiger partial charge in [0, 0.05) is 33.0 Å². The molecular formula is C20H12Cl3N5O2S. The van der Waals surface area contributed by atoms with Gasteiger partial charge in [-0.1, -0.05) is 58.7 Å². The lowest BCUT2D eigenvalue weighted by atomic mass is 10.0. The van der Waals surface area contributed by atoms with Crippen molar-refractivity contribution in [3.8, 4) is 5.69 Å². The Hall–Kier alpha value is -2.65. The number of benzene rings is 2. The normalized spacial score (nSPS) is 12.0. The summed E-state index contributed by atoms with van der Waals surface area (Å²) in [5, 5.41) is 5.25. The largest absolute Gasteiger partial charge is 0.349 e. The average molecular weight is 493 g/mol. The molecule has 2 heterocycles. The molecule has 11 heteroatoms. The van der Waals surface area contributed by atoms with Gasteiger partial charge in [0.2, 0.25) is 0 Å². The van der Waals surface area contributed by atoms with Crippen molar-refractivity contribution in [3.05, 3.63) is 108 Å². The molecule has 0 saturated heterocycles. The van der Waals surface area contributed by atoms with E-state index in [1.165, 1.54) is 11.8 Å². The van der Waals surface area contributed by atoms with E-state index < -0.39 is 11.2 Å². The molecule has 1 atom stereocenters. The maximum atomic E-state index is 12.1. The second-order valence-corrected chi connectivity index (χ2v) is 8.58. The van der Waals surface area contributed by atoms with Crippen molar-refractivity contribution in [2.24, 2.45) is 0 Å². The number of nitrogens with one attached hydrogen (secondary N) is 1. The molecule has 0 spiro atoms. The monoisotopic (exact) mass is 491 g/mol. The molecule has 31 heavy (non-hydrogen) atoms. The fourth-order valence-electron chi connectivity index (χ4n) is 2.86. The summed E-state index contributed by atoms with van der Waals surface area (Å²) in [7, 11) is 0. The first-order chi connectivity index (χ1) is 14.9. The van der Waals surface area contributed by atoms with Crippen molar-refractivity contribution in [2.75, 3.05) is 0 Å². The van der Waals surface area contributed by atoms with Crippen molar-refractivity contribution >= 4 is 46.6 Å². The maximum absolute atomic E-state index is 12.1. The van der Waals surface area contributed by atoms with Crippen LogP contribution in [0.2, 0.25) is 15.1 Å². The van der Waals surface area contributed by atoms with E-state index in [9.17, 15) is 9.59 Å². The molecule has 0 radical (unpaired) electrons. The highest BCUT2D eigenvalue weighted by Gasteiger charge is 2.24. The minimum absolute atomic E-state index is 0.311. The minimum atomic E-state index is -0.700. The summed E-state index contributed by atoms with van der Waals surface area (Å²) < 4.78 is 1.01. The predicted molar refractivity (Wildman–Crippen MR) is 122 cm³/mol. The third-order valence-electron chi connectivity index (χ3n) is 4.22. The van der Waals surface area contributed by atoms with E-state index in [2.05, 4.69) is 20.1 Å². The Balaban J connectivity index is 1.83. The van der Waals surface area contributed by atoms with Crippen LogP contribution in [-0.4, -0.2) is 24.7 Å². The molecule has 4 rings (SSSR count). The van der Waals surface area contributed by atoms with Gasteiger partial charge in [0.25, 0.3) is 5.56 Å². The van der Waals surface area contributed by atoms with Crippen LogP contribution < -0.4 is 11.2 Å². The summed E-state index contributed by atoms with van der Waals surface area (Å²) in [6.07, 6.45) is 4.29. The summed E-state index contributed by atoms with van der Waals surface area (Å²) in [5.41, 5.74) is 0.517. The van der Waals surface area contributed by atoms with E-state index >= 15 is 0 Å². The molecule has 1 N–H and O–H groups in total. The molecule has 1 unspecified atom stereocenters. The second kappa shape index (κ2) is 9.23. The molecule has 0 aliphatic carbocycles. The summed E-state index contributed by atoms with van der Waals surface area (Å²) in [6.45, 7) is 0. The van der Waals surface area contributed by atoms with Crippen LogP contribution in [0.15, 0.2) is 75.8 Å². The summed E-state index contributed by atoms with van der Waals surface area (Å²) in [4.78, 5) is 34.1. The standard InChI is InChI=1S/C20H12Cl3N5O2S/c21-12-4-2-11(3-5-12)18(31-19-24-6-1-7-25-19)17-14(22)8-13(9-15(17)23)28-20(30)27-16(29)10-26-28/h1-10,18H,(H,27,29,30). The molecule has 156 valence electrons. The molecule has 2 aromatic carbocycles. The molecule has 0 fully saturated rings. The average Bonchev–Trinajstić information content (AvgIpc) is 2.74. The van der Waals surface area contributed by atoms with Crippen LogP contribution in [-0.2, 0) is 0 Å². The van der Waals surface area contributed by atoms with Crippen molar-refractivity contribution in [1.29, 1.82) is 0 Å². The van der Waals surface area contributed by atoms with Gasteiger partial charge in [-0.3, -0.25) is 9.78 Å². The van der Waals surface area contributed by atoms with Crippen LogP contribution in [0.5, 0.6) is 0 Å². The lowest BCUT2D eigenvalue weighted by Crippen LogP contribution is -2.30. The number of halogens is 3. The predicted octanol–water partition coefficient (Wildman–Crippen LogP) is 4.55. The number of aromatic nitrogens is 5. The smallest absolute Gasteiger partial charge is 0.271 e.